The van der Waals surface area contributed by atoms with Crippen LogP contribution in [0.4, 0.5) is 0 Å². The molecule has 0 aliphatic heterocycles. The molecule has 7 heteroatoms. The molecule has 6 N–H and O–H groups in total. The van der Waals surface area contributed by atoms with Crippen LogP contribution >= 0.6 is 12.4 Å². The first-order chi connectivity index (χ1) is 8.47. The van der Waals surface area contributed by atoms with Crippen LogP contribution in [0.25, 0.3) is 0 Å². The molecule has 0 aromatic heterocycles. The van der Waals surface area contributed by atoms with Crippen LogP contribution in [0.15, 0.2) is 0 Å². The van der Waals surface area contributed by atoms with Crippen molar-refractivity contribution in [2.45, 2.75) is 52.0 Å². The fourth-order valence-electron chi connectivity index (χ4n) is 1.35. The Balaban J connectivity index is 0. The Bertz CT molecular complexity index is 262. The lowest BCUT2D eigenvalue weighted by molar-refractivity contribution is -0.129. The van der Waals surface area contributed by atoms with E-state index in [1.165, 1.54) is 0 Å². The van der Waals surface area contributed by atoms with Gasteiger partial charge in [0.2, 0.25) is 5.91 Å². The second-order valence-electron chi connectivity index (χ2n) is 4.86. The van der Waals surface area contributed by atoms with Crippen molar-refractivity contribution >= 4 is 24.2 Å². The third-order valence-corrected chi connectivity index (χ3v) is 2.58. The Morgan fingerprint density at radius 1 is 1.11 bits per heavy atom. The van der Waals surface area contributed by atoms with Crippen LogP contribution in [0.2, 0.25) is 0 Å². The number of hydrogen-bond donors (Lipinski definition) is 4. The average Bonchev–Trinajstić information content (AvgIpc) is 2.33. The molecular formula is C12H27ClN4O2. The van der Waals surface area contributed by atoms with Crippen molar-refractivity contribution in [2.75, 3.05) is 6.54 Å². The highest BCUT2D eigenvalue weighted by molar-refractivity contribution is 5.85. The summed E-state index contributed by atoms with van der Waals surface area (Å²) in [5, 5.41) is 0. The Labute approximate surface area is 121 Å². The molecule has 0 heterocycles. The molecule has 0 bridgehead atoms. The minimum absolute atomic E-state index is 0. The normalized spacial score (nSPS) is 11.6. The molecule has 0 spiro atoms. The summed E-state index contributed by atoms with van der Waals surface area (Å²) in [7, 11) is 0. The first kappa shape index (κ1) is 20.5. The highest BCUT2D eigenvalue weighted by atomic mass is 35.5. The van der Waals surface area contributed by atoms with Crippen molar-refractivity contribution in [3.05, 3.63) is 0 Å². The van der Waals surface area contributed by atoms with Gasteiger partial charge in [-0.05, 0) is 31.7 Å². The van der Waals surface area contributed by atoms with Crippen LogP contribution in [0.5, 0.6) is 0 Å². The summed E-state index contributed by atoms with van der Waals surface area (Å²) >= 11 is 0. The summed E-state index contributed by atoms with van der Waals surface area (Å²) < 4.78 is 0. The average molecular weight is 295 g/mol. The predicted molar refractivity (Wildman–Crippen MR) is 78.5 cm³/mol. The van der Waals surface area contributed by atoms with Crippen LogP contribution < -0.4 is 22.3 Å². The Hall–Kier alpha value is -0.850. The number of halogens is 1. The molecule has 0 radical (unpaired) electrons. The summed E-state index contributed by atoms with van der Waals surface area (Å²) in [6.45, 7) is 4.68. The fourth-order valence-corrected chi connectivity index (χ4v) is 1.35. The number of amides is 2. The fraction of sp³-hybridized carbons (Fsp3) is 0.833. The Morgan fingerprint density at radius 2 is 1.74 bits per heavy atom. The topological polar surface area (TPSA) is 110 Å². The summed E-state index contributed by atoms with van der Waals surface area (Å²) in [6, 6.07) is -0.595. The third-order valence-electron chi connectivity index (χ3n) is 2.58. The van der Waals surface area contributed by atoms with E-state index in [-0.39, 0.29) is 24.2 Å². The van der Waals surface area contributed by atoms with E-state index < -0.39 is 6.04 Å². The third kappa shape index (κ3) is 11.9. The molecule has 0 fully saturated rings. The molecule has 0 saturated carbocycles. The van der Waals surface area contributed by atoms with Crippen LogP contribution in [-0.4, -0.2) is 24.4 Å². The van der Waals surface area contributed by atoms with Crippen molar-refractivity contribution in [3.63, 3.8) is 0 Å². The molecule has 1 atom stereocenters. The maximum Gasteiger partial charge on any atom is 0.255 e. The minimum Gasteiger partial charge on any atom is -0.330 e. The molecule has 2 amide bonds. The molecule has 19 heavy (non-hydrogen) atoms. The van der Waals surface area contributed by atoms with Gasteiger partial charge in [-0.3, -0.25) is 20.4 Å². The first-order valence-electron chi connectivity index (χ1n) is 6.51. The quantitative estimate of drug-likeness (QED) is 0.385. The van der Waals surface area contributed by atoms with Gasteiger partial charge in [-0.2, -0.15) is 0 Å². The SMILES string of the molecule is CC(C)CCC(=O)NNC(=O)[C@H](N)CCCCN.Cl. The Kier molecular flexibility index (Phi) is 13.1. The molecule has 114 valence electrons. The number of carbonyl (C=O) groups excluding carboxylic acids is 2. The monoisotopic (exact) mass is 294 g/mol. The number of nitrogens with two attached hydrogens (primary N) is 2. The van der Waals surface area contributed by atoms with Crippen LogP contribution in [0, 0.1) is 5.92 Å². The highest BCUT2D eigenvalue weighted by Gasteiger charge is 2.13. The van der Waals surface area contributed by atoms with Gasteiger partial charge in [-0.15, -0.1) is 12.4 Å². The molecule has 0 aliphatic rings. The maximum atomic E-state index is 11.5. The van der Waals surface area contributed by atoms with Crippen molar-refractivity contribution in [3.8, 4) is 0 Å². The molecule has 0 aliphatic carbocycles. The number of rotatable bonds is 8. The van der Waals surface area contributed by atoms with Crippen LogP contribution in [0.1, 0.15) is 46.0 Å². The van der Waals surface area contributed by atoms with Gasteiger partial charge in [-0.25, -0.2) is 0 Å². The number of carbonyl (C=O) groups is 2. The molecule has 0 aromatic rings. The van der Waals surface area contributed by atoms with Gasteiger partial charge in [0, 0.05) is 6.42 Å². The van der Waals surface area contributed by atoms with E-state index in [0.717, 1.165) is 19.3 Å². The van der Waals surface area contributed by atoms with Gasteiger partial charge in [-0.1, -0.05) is 20.3 Å². The number of hydrogen-bond acceptors (Lipinski definition) is 4. The largest absolute Gasteiger partial charge is 0.330 e. The molecular weight excluding hydrogens is 268 g/mol. The van der Waals surface area contributed by atoms with Gasteiger partial charge in [0.25, 0.3) is 5.91 Å². The summed E-state index contributed by atoms with van der Waals surface area (Å²) in [5.74, 6) is -0.0823. The zero-order valence-electron chi connectivity index (χ0n) is 11.8. The molecule has 0 unspecified atom stereocenters. The lowest BCUT2D eigenvalue weighted by Gasteiger charge is -2.13. The smallest absolute Gasteiger partial charge is 0.255 e. The van der Waals surface area contributed by atoms with E-state index >= 15 is 0 Å². The van der Waals surface area contributed by atoms with E-state index in [0.29, 0.717) is 25.3 Å². The zero-order chi connectivity index (χ0) is 14.0. The second kappa shape index (κ2) is 12.2. The molecule has 0 rings (SSSR count). The lowest BCUT2D eigenvalue weighted by Crippen LogP contribution is -2.49. The van der Waals surface area contributed by atoms with Crippen molar-refractivity contribution in [1.29, 1.82) is 0 Å². The van der Waals surface area contributed by atoms with Gasteiger partial charge < -0.3 is 11.5 Å². The number of hydrazine groups is 1. The number of unbranched alkanes of at least 4 members (excludes halogenated alkanes) is 1. The van der Waals surface area contributed by atoms with Crippen molar-refractivity contribution in [1.82, 2.24) is 10.9 Å². The van der Waals surface area contributed by atoms with E-state index in [2.05, 4.69) is 10.9 Å². The molecule has 6 nitrogen and oxygen atoms in total. The zero-order valence-corrected chi connectivity index (χ0v) is 12.6. The van der Waals surface area contributed by atoms with Gasteiger partial charge in [0.1, 0.15) is 0 Å². The standard InChI is InChI=1S/C12H26N4O2.ClH/c1-9(2)6-7-11(17)15-16-12(18)10(14)5-3-4-8-13;/h9-10H,3-8,13-14H2,1-2H3,(H,15,17)(H,16,18);1H/t10-;/m1./s1. The van der Waals surface area contributed by atoms with E-state index in [1.807, 2.05) is 13.8 Å². The van der Waals surface area contributed by atoms with Gasteiger partial charge in [0.05, 0.1) is 6.04 Å². The molecule has 0 saturated heterocycles. The predicted octanol–water partition coefficient (Wildman–Crippen LogP) is 0.448. The maximum absolute atomic E-state index is 11.5. The van der Waals surface area contributed by atoms with E-state index in [4.69, 9.17) is 11.5 Å². The van der Waals surface area contributed by atoms with Crippen LogP contribution in [0.3, 0.4) is 0 Å². The van der Waals surface area contributed by atoms with E-state index in [1.54, 1.807) is 0 Å². The first-order valence-corrected chi connectivity index (χ1v) is 6.51. The van der Waals surface area contributed by atoms with Crippen LogP contribution in [-0.2, 0) is 9.59 Å². The van der Waals surface area contributed by atoms with Crippen molar-refractivity contribution in [2.24, 2.45) is 17.4 Å². The number of nitrogens with one attached hydrogen (secondary N) is 2. The van der Waals surface area contributed by atoms with Gasteiger partial charge in [0.15, 0.2) is 0 Å². The Morgan fingerprint density at radius 3 is 2.26 bits per heavy atom. The van der Waals surface area contributed by atoms with Gasteiger partial charge >= 0.3 is 0 Å². The minimum atomic E-state index is -0.595. The van der Waals surface area contributed by atoms with Crippen molar-refractivity contribution < 1.29 is 9.59 Å². The summed E-state index contributed by atoms with van der Waals surface area (Å²) in [6.07, 6.45) is 3.43. The summed E-state index contributed by atoms with van der Waals surface area (Å²) in [5.41, 5.74) is 15.7. The molecule has 0 aromatic carbocycles. The highest BCUT2D eigenvalue weighted by Crippen LogP contribution is 2.02. The van der Waals surface area contributed by atoms with E-state index in [9.17, 15) is 9.59 Å². The lowest BCUT2D eigenvalue weighted by atomic mass is 10.1. The summed E-state index contributed by atoms with van der Waals surface area (Å²) in [4.78, 5) is 22.8. The second-order valence-corrected chi connectivity index (χ2v) is 4.86.